The van der Waals surface area contributed by atoms with E-state index in [9.17, 15) is 0 Å². The fourth-order valence-electron chi connectivity index (χ4n) is 2.52. The summed E-state index contributed by atoms with van der Waals surface area (Å²) in [6, 6.07) is 7.81. The first-order valence-corrected chi connectivity index (χ1v) is 6.42. The molecule has 4 heteroatoms. The zero-order valence-electron chi connectivity index (χ0n) is 11.4. The van der Waals surface area contributed by atoms with E-state index in [2.05, 4.69) is 19.0 Å². The van der Waals surface area contributed by atoms with Crippen LogP contribution in [0.15, 0.2) is 28.8 Å². The number of aromatic nitrogens is 1. The quantitative estimate of drug-likeness (QED) is 0.916. The molecule has 1 aromatic carbocycles. The Hall–Kier alpha value is -1.97. The molecule has 3 rings (SSSR count). The van der Waals surface area contributed by atoms with E-state index >= 15 is 0 Å². The molecule has 1 fully saturated rings. The van der Waals surface area contributed by atoms with Crippen molar-refractivity contribution < 1.29 is 9.26 Å². The number of hydrogen-bond acceptors (Lipinski definition) is 4. The van der Waals surface area contributed by atoms with E-state index in [0.717, 1.165) is 29.1 Å². The van der Waals surface area contributed by atoms with Gasteiger partial charge in [0, 0.05) is 5.92 Å². The minimum Gasteiger partial charge on any atom is -0.497 e. The van der Waals surface area contributed by atoms with Gasteiger partial charge in [-0.25, -0.2) is 0 Å². The van der Waals surface area contributed by atoms with E-state index in [1.165, 1.54) is 0 Å². The molecule has 0 saturated heterocycles. The molecule has 1 saturated carbocycles. The van der Waals surface area contributed by atoms with E-state index in [1.807, 2.05) is 24.3 Å². The van der Waals surface area contributed by atoms with Crippen molar-refractivity contribution in [2.45, 2.75) is 26.2 Å². The predicted octanol–water partition coefficient (Wildman–Crippen LogP) is 3.45. The van der Waals surface area contributed by atoms with Crippen molar-refractivity contribution in [3.05, 3.63) is 30.0 Å². The first kappa shape index (κ1) is 12.1. The molecule has 4 nitrogen and oxygen atoms in total. The maximum atomic E-state index is 5.96. The maximum Gasteiger partial charge on any atom is 0.175 e. The van der Waals surface area contributed by atoms with E-state index < -0.39 is 0 Å². The second-order valence-electron chi connectivity index (χ2n) is 5.78. The molecule has 1 aliphatic carbocycles. The number of nitrogens with two attached hydrogens (primary N) is 1. The average Bonchev–Trinajstić information content (AvgIpc) is 2.86. The molecule has 2 N–H and O–H groups in total. The second-order valence-corrected chi connectivity index (χ2v) is 5.78. The molecule has 0 spiro atoms. The van der Waals surface area contributed by atoms with Crippen LogP contribution >= 0.6 is 0 Å². The molecule has 1 unspecified atom stereocenters. The van der Waals surface area contributed by atoms with Gasteiger partial charge < -0.3 is 15.0 Å². The number of nitrogen functional groups attached to an aromatic ring is 1. The first-order chi connectivity index (χ1) is 9.03. The van der Waals surface area contributed by atoms with Crippen molar-refractivity contribution in [3.8, 4) is 16.9 Å². The number of nitrogens with zero attached hydrogens (tertiary/aromatic N) is 1. The second kappa shape index (κ2) is 4.02. The lowest BCUT2D eigenvalue weighted by atomic mass is 10.0. The van der Waals surface area contributed by atoms with Crippen LogP contribution < -0.4 is 10.5 Å². The SMILES string of the molecule is COc1ccc(-c2c(N)noc2C2CC2(C)C)cc1. The van der Waals surface area contributed by atoms with E-state index in [0.29, 0.717) is 11.7 Å². The predicted molar refractivity (Wildman–Crippen MR) is 74.0 cm³/mol. The summed E-state index contributed by atoms with van der Waals surface area (Å²) in [5.74, 6) is 2.61. The minimum absolute atomic E-state index is 0.285. The van der Waals surface area contributed by atoms with Gasteiger partial charge in [-0.2, -0.15) is 0 Å². The highest BCUT2D eigenvalue weighted by Crippen LogP contribution is 2.60. The smallest absolute Gasteiger partial charge is 0.175 e. The Balaban J connectivity index is 2.02. The molecule has 0 aliphatic heterocycles. The summed E-state index contributed by atoms with van der Waals surface area (Å²) in [5, 5.41) is 3.93. The van der Waals surface area contributed by atoms with Crippen LogP contribution in [0.5, 0.6) is 5.75 Å². The third kappa shape index (κ3) is 1.97. The Morgan fingerprint density at radius 1 is 1.32 bits per heavy atom. The molecule has 100 valence electrons. The van der Waals surface area contributed by atoms with Gasteiger partial charge in [0.1, 0.15) is 11.5 Å². The summed E-state index contributed by atoms with van der Waals surface area (Å²) in [6.07, 6.45) is 1.12. The lowest BCUT2D eigenvalue weighted by Gasteiger charge is -2.05. The van der Waals surface area contributed by atoms with Crippen molar-refractivity contribution in [1.82, 2.24) is 5.16 Å². The minimum atomic E-state index is 0.285. The molecule has 2 aromatic rings. The van der Waals surface area contributed by atoms with Crippen LogP contribution in [0.4, 0.5) is 5.82 Å². The molecule has 19 heavy (non-hydrogen) atoms. The van der Waals surface area contributed by atoms with Crippen LogP contribution in [0.25, 0.3) is 11.1 Å². The summed E-state index contributed by atoms with van der Waals surface area (Å²) < 4.78 is 10.6. The number of hydrogen-bond donors (Lipinski definition) is 1. The molecular weight excluding hydrogens is 240 g/mol. The number of methoxy groups -OCH3 is 1. The topological polar surface area (TPSA) is 61.3 Å². The summed E-state index contributed by atoms with van der Waals surface area (Å²) in [5.41, 5.74) is 8.20. The molecule has 0 radical (unpaired) electrons. The van der Waals surface area contributed by atoms with Crippen molar-refractivity contribution in [3.63, 3.8) is 0 Å². The van der Waals surface area contributed by atoms with E-state index in [4.69, 9.17) is 15.0 Å². The van der Waals surface area contributed by atoms with Crippen molar-refractivity contribution in [2.75, 3.05) is 12.8 Å². The monoisotopic (exact) mass is 258 g/mol. The molecule has 1 aromatic heterocycles. The zero-order chi connectivity index (χ0) is 13.6. The lowest BCUT2D eigenvalue weighted by Crippen LogP contribution is -1.93. The van der Waals surface area contributed by atoms with Crippen LogP contribution in [0.2, 0.25) is 0 Å². The number of benzene rings is 1. The molecule has 0 bridgehead atoms. The Morgan fingerprint density at radius 2 is 1.95 bits per heavy atom. The van der Waals surface area contributed by atoms with E-state index in [-0.39, 0.29) is 5.41 Å². The molecule has 0 amide bonds. The fraction of sp³-hybridized carbons (Fsp3) is 0.400. The molecular formula is C15H18N2O2. The van der Waals surface area contributed by atoms with Gasteiger partial charge in [0.2, 0.25) is 0 Å². The van der Waals surface area contributed by atoms with Crippen LogP contribution in [-0.4, -0.2) is 12.3 Å². The molecule has 1 heterocycles. The van der Waals surface area contributed by atoms with Gasteiger partial charge >= 0.3 is 0 Å². The number of rotatable bonds is 3. The highest BCUT2D eigenvalue weighted by atomic mass is 16.5. The lowest BCUT2D eigenvalue weighted by molar-refractivity contribution is 0.376. The average molecular weight is 258 g/mol. The first-order valence-electron chi connectivity index (χ1n) is 6.42. The highest BCUT2D eigenvalue weighted by molar-refractivity contribution is 5.76. The normalized spacial score (nSPS) is 20.3. The van der Waals surface area contributed by atoms with Crippen LogP contribution in [0.3, 0.4) is 0 Å². The number of ether oxygens (including phenoxy) is 1. The van der Waals surface area contributed by atoms with Gasteiger partial charge in [-0.1, -0.05) is 31.1 Å². The van der Waals surface area contributed by atoms with Crippen molar-refractivity contribution >= 4 is 5.82 Å². The maximum absolute atomic E-state index is 5.96. The van der Waals surface area contributed by atoms with Crippen LogP contribution in [0, 0.1) is 5.41 Å². The summed E-state index contributed by atoms with van der Waals surface area (Å²) in [7, 11) is 1.65. The van der Waals surface area contributed by atoms with Gasteiger partial charge in [0.15, 0.2) is 5.82 Å². The third-order valence-corrected chi connectivity index (χ3v) is 3.95. The molecule has 1 atom stereocenters. The van der Waals surface area contributed by atoms with Gasteiger partial charge in [0.25, 0.3) is 0 Å². The fourth-order valence-corrected chi connectivity index (χ4v) is 2.52. The Labute approximate surface area is 112 Å². The summed E-state index contributed by atoms with van der Waals surface area (Å²) >= 11 is 0. The largest absolute Gasteiger partial charge is 0.497 e. The van der Waals surface area contributed by atoms with Gasteiger partial charge in [-0.15, -0.1) is 0 Å². The van der Waals surface area contributed by atoms with Crippen molar-refractivity contribution in [2.24, 2.45) is 5.41 Å². The zero-order valence-corrected chi connectivity index (χ0v) is 11.4. The highest BCUT2D eigenvalue weighted by Gasteiger charge is 2.50. The van der Waals surface area contributed by atoms with Crippen LogP contribution in [-0.2, 0) is 0 Å². The van der Waals surface area contributed by atoms with Gasteiger partial charge in [0.05, 0.1) is 12.7 Å². The summed E-state index contributed by atoms with van der Waals surface area (Å²) in [6.45, 7) is 4.46. The van der Waals surface area contributed by atoms with Crippen LogP contribution in [0.1, 0.15) is 31.9 Å². The Morgan fingerprint density at radius 3 is 2.47 bits per heavy atom. The third-order valence-electron chi connectivity index (χ3n) is 3.95. The Kier molecular flexibility index (Phi) is 2.55. The standard InChI is InChI=1S/C15H18N2O2/c1-15(2)8-11(15)13-12(14(16)17-19-13)9-4-6-10(18-3)7-5-9/h4-7,11H,8H2,1-3H3,(H2,16,17). The van der Waals surface area contributed by atoms with Crippen molar-refractivity contribution in [1.29, 1.82) is 0 Å². The van der Waals surface area contributed by atoms with Gasteiger partial charge in [-0.3, -0.25) is 0 Å². The Bertz CT molecular complexity index is 599. The van der Waals surface area contributed by atoms with Gasteiger partial charge in [-0.05, 0) is 29.5 Å². The molecule has 1 aliphatic rings. The van der Waals surface area contributed by atoms with E-state index in [1.54, 1.807) is 7.11 Å². The number of anilines is 1. The summed E-state index contributed by atoms with van der Waals surface area (Å²) in [4.78, 5) is 0.